The monoisotopic (exact) mass is 232 g/mol. The minimum absolute atomic E-state index is 0.0635. The first-order valence-electron chi connectivity index (χ1n) is 5.01. The highest BCUT2D eigenvalue weighted by Crippen LogP contribution is 2.26. The van der Waals surface area contributed by atoms with E-state index in [2.05, 4.69) is 15.2 Å². The number of aromatic amines is 1. The van der Waals surface area contributed by atoms with Gasteiger partial charge in [0.25, 0.3) is 0 Å². The fraction of sp³-hybridized carbons (Fsp3) is 0.182. The third kappa shape index (κ3) is 2.10. The zero-order valence-corrected chi connectivity index (χ0v) is 9.51. The number of carboxylic acids is 1. The maximum absolute atomic E-state index is 10.8. The molecule has 0 saturated heterocycles. The van der Waals surface area contributed by atoms with Gasteiger partial charge in [0.2, 0.25) is 0 Å². The van der Waals surface area contributed by atoms with Gasteiger partial charge in [-0.1, -0.05) is 0 Å². The van der Waals surface area contributed by atoms with Crippen molar-refractivity contribution in [3.05, 3.63) is 30.1 Å². The molecule has 0 aliphatic carbocycles. The second-order valence-corrected chi connectivity index (χ2v) is 3.74. The van der Waals surface area contributed by atoms with Gasteiger partial charge in [-0.15, -0.1) is 0 Å². The van der Waals surface area contributed by atoms with Gasteiger partial charge in [-0.05, 0) is 18.2 Å². The molecule has 0 saturated carbocycles. The summed E-state index contributed by atoms with van der Waals surface area (Å²) >= 11 is 0. The molecule has 88 valence electrons. The van der Waals surface area contributed by atoms with Crippen molar-refractivity contribution in [1.82, 2.24) is 15.2 Å². The molecule has 6 nitrogen and oxygen atoms in total. The van der Waals surface area contributed by atoms with Crippen molar-refractivity contribution in [3.63, 3.8) is 0 Å². The fourth-order valence-electron chi connectivity index (χ4n) is 1.52. The van der Waals surface area contributed by atoms with Crippen LogP contribution in [0.5, 0.6) is 0 Å². The Labute approximate surface area is 97.9 Å². The summed E-state index contributed by atoms with van der Waals surface area (Å²) in [6, 6.07) is 5.13. The van der Waals surface area contributed by atoms with Crippen molar-refractivity contribution >= 4 is 11.8 Å². The lowest BCUT2D eigenvalue weighted by molar-refractivity contribution is 0.0690. The molecule has 0 radical (unpaired) electrons. The van der Waals surface area contributed by atoms with Crippen LogP contribution >= 0.6 is 0 Å². The second-order valence-electron chi connectivity index (χ2n) is 3.74. The van der Waals surface area contributed by atoms with Gasteiger partial charge < -0.3 is 10.0 Å². The number of carbonyl (C=O) groups is 1. The first-order valence-corrected chi connectivity index (χ1v) is 5.01. The van der Waals surface area contributed by atoms with E-state index >= 15 is 0 Å². The van der Waals surface area contributed by atoms with E-state index in [-0.39, 0.29) is 5.69 Å². The Hall–Kier alpha value is -2.37. The molecule has 6 heteroatoms. The topological polar surface area (TPSA) is 82.1 Å². The Balaban J connectivity index is 2.48. The number of aromatic carboxylic acids is 1. The SMILES string of the molecule is CN(C)c1ncccc1-c1cc(C(=O)O)[nH]n1. The van der Waals surface area contributed by atoms with Gasteiger partial charge in [0.15, 0.2) is 0 Å². The Morgan fingerprint density at radius 1 is 1.47 bits per heavy atom. The molecule has 0 aromatic carbocycles. The van der Waals surface area contributed by atoms with E-state index < -0.39 is 5.97 Å². The lowest BCUT2D eigenvalue weighted by Crippen LogP contribution is -2.11. The van der Waals surface area contributed by atoms with Crippen LogP contribution < -0.4 is 4.90 Å². The summed E-state index contributed by atoms with van der Waals surface area (Å²) in [4.78, 5) is 16.9. The molecule has 0 spiro atoms. The van der Waals surface area contributed by atoms with E-state index in [1.54, 1.807) is 12.3 Å². The predicted molar refractivity (Wildman–Crippen MR) is 63.1 cm³/mol. The summed E-state index contributed by atoms with van der Waals surface area (Å²) in [5.41, 5.74) is 1.43. The molecule has 0 aliphatic rings. The highest BCUT2D eigenvalue weighted by Gasteiger charge is 2.13. The number of nitrogens with zero attached hydrogens (tertiary/aromatic N) is 3. The zero-order valence-electron chi connectivity index (χ0n) is 9.51. The Morgan fingerprint density at radius 3 is 2.82 bits per heavy atom. The van der Waals surface area contributed by atoms with Crippen LogP contribution in [0.15, 0.2) is 24.4 Å². The van der Waals surface area contributed by atoms with E-state index in [0.29, 0.717) is 5.69 Å². The average molecular weight is 232 g/mol. The van der Waals surface area contributed by atoms with Crippen LogP contribution in [0, 0.1) is 0 Å². The summed E-state index contributed by atoms with van der Waals surface area (Å²) in [6.07, 6.45) is 1.68. The van der Waals surface area contributed by atoms with Crippen LogP contribution in [-0.4, -0.2) is 40.4 Å². The maximum Gasteiger partial charge on any atom is 0.353 e. The molecule has 0 fully saturated rings. The smallest absolute Gasteiger partial charge is 0.353 e. The fourth-order valence-corrected chi connectivity index (χ4v) is 1.52. The number of aromatic nitrogens is 3. The van der Waals surface area contributed by atoms with Crippen molar-refractivity contribution in [2.75, 3.05) is 19.0 Å². The number of rotatable bonds is 3. The van der Waals surface area contributed by atoms with E-state index in [4.69, 9.17) is 5.11 Å². The molecule has 0 atom stereocenters. The molecule has 2 N–H and O–H groups in total. The zero-order chi connectivity index (χ0) is 12.4. The van der Waals surface area contributed by atoms with E-state index in [0.717, 1.165) is 11.4 Å². The van der Waals surface area contributed by atoms with Crippen molar-refractivity contribution in [2.24, 2.45) is 0 Å². The Kier molecular flexibility index (Phi) is 2.78. The van der Waals surface area contributed by atoms with Crippen molar-refractivity contribution in [2.45, 2.75) is 0 Å². The Bertz CT molecular complexity index is 548. The predicted octanol–water partition coefficient (Wildman–Crippen LogP) is 1.24. The van der Waals surface area contributed by atoms with E-state index in [1.165, 1.54) is 6.07 Å². The van der Waals surface area contributed by atoms with Gasteiger partial charge in [0, 0.05) is 25.9 Å². The molecule has 0 aliphatic heterocycles. The number of anilines is 1. The van der Waals surface area contributed by atoms with Crippen molar-refractivity contribution in [1.29, 1.82) is 0 Å². The van der Waals surface area contributed by atoms with Crippen molar-refractivity contribution in [3.8, 4) is 11.3 Å². The van der Waals surface area contributed by atoms with Crippen LogP contribution in [-0.2, 0) is 0 Å². The minimum atomic E-state index is -1.03. The summed E-state index contributed by atoms with van der Waals surface area (Å²) in [5, 5.41) is 15.3. The second kappa shape index (κ2) is 4.25. The molecular weight excluding hydrogens is 220 g/mol. The number of carboxylic acid groups (broad SMARTS) is 1. The number of pyridine rings is 1. The van der Waals surface area contributed by atoms with Gasteiger partial charge in [-0.3, -0.25) is 5.10 Å². The maximum atomic E-state index is 10.8. The number of H-pyrrole nitrogens is 1. The first-order chi connectivity index (χ1) is 8.09. The average Bonchev–Trinajstić information content (AvgIpc) is 2.78. The summed E-state index contributed by atoms with van der Waals surface area (Å²) < 4.78 is 0. The number of hydrogen-bond acceptors (Lipinski definition) is 4. The van der Waals surface area contributed by atoms with Gasteiger partial charge in [-0.25, -0.2) is 9.78 Å². The quantitative estimate of drug-likeness (QED) is 0.831. The minimum Gasteiger partial charge on any atom is -0.477 e. The highest BCUT2D eigenvalue weighted by molar-refractivity contribution is 5.87. The van der Waals surface area contributed by atoms with Gasteiger partial charge in [0.1, 0.15) is 11.5 Å². The lowest BCUT2D eigenvalue weighted by atomic mass is 10.1. The normalized spacial score (nSPS) is 10.2. The third-order valence-electron chi connectivity index (χ3n) is 2.29. The first kappa shape index (κ1) is 11.1. The van der Waals surface area contributed by atoms with Gasteiger partial charge in [-0.2, -0.15) is 5.10 Å². The van der Waals surface area contributed by atoms with Crippen LogP contribution in [0.2, 0.25) is 0 Å². The number of hydrogen-bond donors (Lipinski definition) is 2. The third-order valence-corrected chi connectivity index (χ3v) is 2.29. The summed E-state index contributed by atoms with van der Waals surface area (Å²) in [5.74, 6) is -0.282. The van der Waals surface area contributed by atoms with Crippen LogP contribution in [0.25, 0.3) is 11.3 Å². The number of nitrogens with one attached hydrogen (secondary N) is 1. The van der Waals surface area contributed by atoms with E-state index in [1.807, 2.05) is 25.1 Å². The standard InChI is InChI=1S/C11H12N4O2/c1-15(2)10-7(4-3-5-12-10)8-6-9(11(16)17)14-13-8/h3-6H,1-2H3,(H,13,14)(H,16,17). The molecule has 17 heavy (non-hydrogen) atoms. The lowest BCUT2D eigenvalue weighted by Gasteiger charge is -2.14. The highest BCUT2D eigenvalue weighted by atomic mass is 16.4. The van der Waals surface area contributed by atoms with Crippen LogP contribution in [0.4, 0.5) is 5.82 Å². The van der Waals surface area contributed by atoms with Gasteiger partial charge >= 0.3 is 5.97 Å². The van der Waals surface area contributed by atoms with Gasteiger partial charge in [0.05, 0.1) is 5.69 Å². The molecule has 0 unspecified atom stereocenters. The van der Waals surface area contributed by atoms with Crippen molar-refractivity contribution < 1.29 is 9.90 Å². The summed E-state index contributed by atoms with van der Waals surface area (Å²) in [7, 11) is 3.74. The van der Waals surface area contributed by atoms with E-state index in [9.17, 15) is 4.79 Å². The molecule has 2 aromatic rings. The van der Waals surface area contributed by atoms with Crippen LogP contribution in [0.3, 0.4) is 0 Å². The molecule has 0 bridgehead atoms. The summed E-state index contributed by atoms with van der Waals surface area (Å²) in [6.45, 7) is 0. The molecular formula is C11H12N4O2. The Morgan fingerprint density at radius 2 is 2.24 bits per heavy atom. The largest absolute Gasteiger partial charge is 0.477 e. The molecule has 2 aromatic heterocycles. The molecule has 2 rings (SSSR count). The molecule has 2 heterocycles. The molecule has 0 amide bonds. The van der Waals surface area contributed by atoms with Crippen LogP contribution in [0.1, 0.15) is 10.5 Å².